The first-order chi connectivity index (χ1) is 9.54. The van der Waals surface area contributed by atoms with Crippen molar-refractivity contribution in [3.63, 3.8) is 0 Å². The summed E-state index contributed by atoms with van der Waals surface area (Å²) in [4.78, 5) is 16.2. The zero-order valence-electron chi connectivity index (χ0n) is 11.3. The van der Waals surface area contributed by atoms with E-state index in [-0.39, 0.29) is 6.42 Å². The van der Waals surface area contributed by atoms with Crippen molar-refractivity contribution >= 4 is 22.3 Å². The Labute approximate surface area is 120 Å². The third-order valence-corrected chi connectivity index (χ3v) is 4.31. The van der Waals surface area contributed by atoms with Crippen LogP contribution in [0.2, 0.25) is 0 Å². The molecular weight excluding hydrogens is 272 g/mol. The summed E-state index contributed by atoms with van der Waals surface area (Å²) in [7, 11) is 0. The van der Waals surface area contributed by atoms with E-state index in [1.807, 2.05) is 22.0 Å². The van der Waals surface area contributed by atoms with Gasteiger partial charge in [0.05, 0.1) is 12.1 Å². The zero-order chi connectivity index (χ0) is 14.3. The second kappa shape index (κ2) is 4.76. The molecule has 1 N–H and O–H groups in total. The molecule has 3 rings (SSSR count). The molecule has 0 aliphatic heterocycles. The molecule has 0 atom stereocenters. The highest BCUT2D eigenvalue weighted by molar-refractivity contribution is 7.15. The Bertz CT molecular complexity index is 801. The number of carboxylic acid groups (broad SMARTS) is 1. The minimum Gasteiger partial charge on any atom is -0.481 e. The summed E-state index contributed by atoms with van der Waals surface area (Å²) in [5.74, 6) is -0.828. The maximum atomic E-state index is 10.8. The number of carbonyl (C=O) groups is 1. The second-order valence-corrected chi connectivity index (χ2v) is 5.71. The number of aromatic nitrogens is 2. The molecule has 2 heterocycles. The van der Waals surface area contributed by atoms with E-state index in [1.165, 1.54) is 22.5 Å². The standard InChI is InChI=1S/C15H14N2O2S/c1-9-3-4-11(5-10(9)2)13-7-17-12(6-14(18)19)8-20-15(17)16-13/h3-5,7-8H,6H2,1-2H3,(H,18,19). The van der Waals surface area contributed by atoms with Crippen molar-refractivity contribution in [3.8, 4) is 11.3 Å². The van der Waals surface area contributed by atoms with Gasteiger partial charge in [0.1, 0.15) is 0 Å². The van der Waals surface area contributed by atoms with E-state index in [9.17, 15) is 4.79 Å². The number of carboxylic acids is 1. The van der Waals surface area contributed by atoms with E-state index in [4.69, 9.17) is 5.11 Å². The molecule has 5 heteroatoms. The van der Waals surface area contributed by atoms with Gasteiger partial charge in [0.2, 0.25) is 0 Å². The molecule has 3 aromatic rings. The molecule has 0 bridgehead atoms. The van der Waals surface area contributed by atoms with Gasteiger partial charge < -0.3 is 5.11 Å². The first-order valence-electron chi connectivity index (χ1n) is 6.29. The molecule has 0 saturated carbocycles. The van der Waals surface area contributed by atoms with Crippen LogP contribution in [0.5, 0.6) is 0 Å². The lowest BCUT2D eigenvalue weighted by molar-refractivity contribution is -0.136. The lowest BCUT2D eigenvalue weighted by Crippen LogP contribution is -2.02. The fourth-order valence-electron chi connectivity index (χ4n) is 2.15. The average Bonchev–Trinajstić information content (AvgIpc) is 2.94. The van der Waals surface area contributed by atoms with Crippen molar-refractivity contribution in [2.75, 3.05) is 0 Å². The lowest BCUT2D eigenvalue weighted by Gasteiger charge is -2.02. The highest BCUT2D eigenvalue weighted by Crippen LogP contribution is 2.25. The van der Waals surface area contributed by atoms with E-state index in [2.05, 4.69) is 31.0 Å². The van der Waals surface area contributed by atoms with Gasteiger partial charge in [-0.25, -0.2) is 4.98 Å². The number of thiazole rings is 1. The highest BCUT2D eigenvalue weighted by atomic mass is 32.1. The Hall–Kier alpha value is -2.14. The first kappa shape index (κ1) is 12.9. The largest absolute Gasteiger partial charge is 0.481 e. The number of fused-ring (bicyclic) bond motifs is 1. The molecule has 4 nitrogen and oxygen atoms in total. The lowest BCUT2D eigenvalue weighted by atomic mass is 10.1. The van der Waals surface area contributed by atoms with Crippen LogP contribution in [-0.2, 0) is 11.2 Å². The van der Waals surface area contributed by atoms with Crippen molar-refractivity contribution < 1.29 is 9.90 Å². The van der Waals surface area contributed by atoms with Crippen molar-refractivity contribution in [2.24, 2.45) is 0 Å². The summed E-state index contributed by atoms with van der Waals surface area (Å²) in [5, 5.41) is 10.8. The summed E-state index contributed by atoms with van der Waals surface area (Å²) in [6.45, 7) is 4.16. The van der Waals surface area contributed by atoms with Crippen LogP contribution in [0.1, 0.15) is 16.8 Å². The number of imidazole rings is 1. The maximum Gasteiger partial charge on any atom is 0.309 e. The van der Waals surface area contributed by atoms with Crippen LogP contribution < -0.4 is 0 Å². The van der Waals surface area contributed by atoms with E-state index in [0.717, 1.165) is 21.9 Å². The quantitative estimate of drug-likeness (QED) is 0.803. The van der Waals surface area contributed by atoms with Gasteiger partial charge in [-0.15, -0.1) is 11.3 Å². The molecule has 0 spiro atoms. The van der Waals surface area contributed by atoms with Crippen molar-refractivity contribution in [3.05, 3.63) is 46.6 Å². The highest BCUT2D eigenvalue weighted by Gasteiger charge is 2.12. The Kier molecular flexibility index (Phi) is 3.06. The molecule has 0 aliphatic rings. The number of rotatable bonds is 3. The van der Waals surface area contributed by atoms with Gasteiger partial charge >= 0.3 is 5.97 Å². The summed E-state index contributed by atoms with van der Waals surface area (Å²) in [5.41, 5.74) is 5.18. The molecule has 1 aromatic carbocycles. The Morgan fingerprint density at radius 1 is 1.35 bits per heavy atom. The third-order valence-electron chi connectivity index (χ3n) is 3.42. The minimum atomic E-state index is -0.828. The van der Waals surface area contributed by atoms with E-state index in [0.29, 0.717) is 0 Å². The molecule has 20 heavy (non-hydrogen) atoms. The molecule has 0 fully saturated rings. The summed E-state index contributed by atoms with van der Waals surface area (Å²) < 4.78 is 1.86. The van der Waals surface area contributed by atoms with Crippen LogP contribution >= 0.6 is 11.3 Å². The smallest absolute Gasteiger partial charge is 0.309 e. The van der Waals surface area contributed by atoms with Crippen LogP contribution in [-0.4, -0.2) is 20.5 Å². The van der Waals surface area contributed by atoms with Crippen LogP contribution in [0, 0.1) is 13.8 Å². The van der Waals surface area contributed by atoms with Crippen molar-refractivity contribution in [1.82, 2.24) is 9.38 Å². The topological polar surface area (TPSA) is 54.6 Å². The van der Waals surface area contributed by atoms with E-state index >= 15 is 0 Å². The van der Waals surface area contributed by atoms with Gasteiger partial charge in [0.25, 0.3) is 0 Å². The van der Waals surface area contributed by atoms with Gasteiger partial charge in [0.15, 0.2) is 4.96 Å². The number of benzene rings is 1. The Morgan fingerprint density at radius 3 is 2.85 bits per heavy atom. The molecular formula is C15H14N2O2S. The SMILES string of the molecule is Cc1ccc(-c2cn3c(CC(=O)O)csc3n2)cc1C. The first-order valence-corrected chi connectivity index (χ1v) is 7.17. The van der Waals surface area contributed by atoms with Gasteiger partial charge in [-0.1, -0.05) is 12.1 Å². The molecule has 0 amide bonds. The fraction of sp³-hybridized carbons (Fsp3) is 0.200. The predicted octanol–water partition coefficient (Wildman–Crippen LogP) is 3.31. The number of hydrogen-bond donors (Lipinski definition) is 1. The monoisotopic (exact) mass is 286 g/mol. The zero-order valence-corrected chi connectivity index (χ0v) is 12.1. The van der Waals surface area contributed by atoms with Gasteiger partial charge in [-0.3, -0.25) is 9.20 Å². The van der Waals surface area contributed by atoms with Crippen molar-refractivity contribution in [1.29, 1.82) is 0 Å². The summed E-state index contributed by atoms with van der Waals surface area (Å²) in [6.07, 6.45) is 1.93. The summed E-state index contributed by atoms with van der Waals surface area (Å²) in [6, 6.07) is 6.24. The van der Waals surface area contributed by atoms with Crippen LogP contribution in [0.4, 0.5) is 0 Å². The molecule has 2 aromatic heterocycles. The summed E-state index contributed by atoms with van der Waals surface area (Å²) >= 11 is 1.47. The van der Waals surface area contributed by atoms with Crippen LogP contribution in [0.15, 0.2) is 29.8 Å². The van der Waals surface area contributed by atoms with Crippen LogP contribution in [0.3, 0.4) is 0 Å². The van der Waals surface area contributed by atoms with Gasteiger partial charge in [0, 0.05) is 22.8 Å². The fourth-order valence-corrected chi connectivity index (χ4v) is 3.02. The minimum absolute atomic E-state index is 0.0166. The van der Waals surface area contributed by atoms with E-state index < -0.39 is 5.97 Å². The normalized spacial score (nSPS) is 11.1. The van der Waals surface area contributed by atoms with Gasteiger partial charge in [-0.2, -0.15) is 0 Å². The van der Waals surface area contributed by atoms with Crippen LogP contribution in [0.25, 0.3) is 16.2 Å². The number of hydrogen-bond acceptors (Lipinski definition) is 3. The second-order valence-electron chi connectivity index (χ2n) is 4.88. The number of aryl methyl sites for hydroxylation is 2. The average molecular weight is 286 g/mol. The Morgan fingerprint density at radius 2 is 2.15 bits per heavy atom. The van der Waals surface area contributed by atoms with Gasteiger partial charge in [-0.05, 0) is 31.0 Å². The molecule has 0 aliphatic carbocycles. The third kappa shape index (κ3) is 2.20. The Balaban J connectivity index is 2.06. The molecule has 0 unspecified atom stereocenters. The molecule has 0 radical (unpaired) electrons. The predicted molar refractivity (Wildman–Crippen MR) is 79.3 cm³/mol. The molecule has 102 valence electrons. The number of nitrogens with zero attached hydrogens (tertiary/aromatic N) is 2. The van der Waals surface area contributed by atoms with Crippen molar-refractivity contribution in [2.45, 2.75) is 20.3 Å². The van der Waals surface area contributed by atoms with E-state index in [1.54, 1.807) is 0 Å². The maximum absolute atomic E-state index is 10.8. The number of aliphatic carboxylic acids is 1. The molecule has 0 saturated heterocycles.